The van der Waals surface area contributed by atoms with Gasteiger partial charge in [0.2, 0.25) is 0 Å². The van der Waals surface area contributed by atoms with Crippen LogP contribution in [0.3, 0.4) is 0 Å². The van der Waals surface area contributed by atoms with E-state index in [0.717, 1.165) is 17.1 Å². The van der Waals surface area contributed by atoms with Gasteiger partial charge < -0.3 is 9.64 Å². The van der Waals surface area contributed by atoms with Crippen molar-refractivity contribution in [1.82, 2.24) is 4.98 Å². The second kappa shape index (κ2) is 5.52. The summed E-state index contributed by atoms with van der Waals surface area (Å²) in [5.74, 6) is 0.772. The van der Waals surface area contributed by atoms with Gasteiger partial charge in [-0.3, -0.25) is 9.78 Å². The zero-order valence-corrected chi connectivity index (χ0v) is 11.3. The molecule has 0 amide bonds. The summed E-state index contributed by atoms with van der Waals surface area (Å²) >= 11 is 0. The van der Waals surface area contributed by atoms with E-state index in [1.165, 1.54) is 6.92 Å². The second-order valence-electron chi connectivity index (χ2n) is 4.22. The van der Waals surface area contributed by atoms with Gasteiger partial charge in [-0.05, 0) is 24.3 Å². The van der Waals surface area contributed by atoms with Crippen LogP contribution in [0.15, 0.2) is 42.6 Å². The minimum absolute atomic E-state index is 0.0319. The van der Waals surface area contributed by atoms with Crippen LogP contribution in [-0.2, 0) is 0 Å². The van der Waals surface area contributed by atoms with E-state index in [4.69, 9.17) is 4.74 Å². The number of benzene rings is 1. The number of ether oxygens (including phenoxy) is 1. The first-order valence-electron chi connectivity index (χ1n) is 5.96. The first kappa shape index (κ1) is 13.1. The molecule has 19 heavy (non-hydrogen) atoms. The van der Waals surface area contributed by atoms with Gasteiger partial charge in [0.05, 0.1) is 19.0 Å². The van der Waals surface area contributed by atoms with Crippen LogP contribution < -0.4 is 9.64 Å². The number of nitrogens with zero attached hydrogens (tertiary/aromatic N) is 2. The van der Waals surface area contributed by atoms with Gasteiger partial charge in [0.15, 0.2) is 5.78 Å². The fourth-order valence-electron chi connectivity index (χ4n) is 1.76. The number of Topliss-reactive ketones (excluding diaryl/α,β-unsaturated/α-hetero) is 1. The maximum absolute atomic E-state index is 11.2. The topological polar surface area (TPSA) is 42.4 Å². The van der Waals surface area contributed by atoms with Crippen molar-refractivity contribution in [3.05, 3.63) is 48.3 Å². The van der Waals surface area contributed by atoms with Crippen LogP contribution in [0.5, 0.6) is 5.75 Å². The van der Waals surface area contributed by atoms with E-state index in [1.807, 2.05) is 42.3 Å². The summed E-state index contributed by atoms with van der Waals surface area (Å²) in [5.41, 5.74) is 2.39. The Morgan fingerprint density at radius 1 is 1.21 bits per heavy atom. The molecule has 0 aliphatic rings. The van der Waals surface area contributed by atoms with Crippen molar-refractivity contribution in [2.45, 2.75) is 6.92 Å². The summed E-state index contributed by atoms with van der Waals surface area (Å²) in [6, 6.07) is 11.4. The van der Waals surface area contributed by atoms with Crippen molar-refractivity contribution in [1.29, 1.82) is 0 Å². The van der Waals surface area contributed by atoms with Gasteiger partial charge in [-0.1, -0.05) is 6.07 Å². The molecular weight excluding hydrogens is 240 g/mol. The average molecular weight is 256 g/mol. The quantitative estimate of drug-likeness (QED) is 0.788. The molecule has 2 rings (SSSR count). The first-order valence-corrected chi connectivity index (χ1v) is 5.96. The third-order valence-corrected chi connectivity index (χ3v) is 2.94. The fraction of sp³-hybridized carbons (Fsp3) is 0.200. The Balaban J connectivity index is 2.27. The van der Waals surface area contributed by atoms with E-state index in [-0.39, 0.29) is 5.78 Å². The lowest BCUT2D eigenvalue weighted by molar-refractivity contribution is 0.101. The summed E-state index contributed by atoms with van der Waals surface area (Å²) in [6.45, 7) is 1.51. The van der Waals surface area contributed by atoms with Gasteiger partial charge in [-0.15, -0.1) is 0 Å². The lowest BCUT2D eigenvalue weighted by Gasteiger charge is -2.19. The zero-order valence-electron chi connectivity index (χ0n) is 11.3. The minimum Gasteiger partial charge on any atom is -0.497 e. The Morgan fingerprint density at radius 2 is 2.00 bits per heavy atom. The maximum atomic E-state index is 11.2. The SMILES string of the molecule is COc1cccc(N(C)c2ccc(C(C)=O)nc2)c1. The molecule has 0 radical (unpaired) electrons. The summed E-state index contributed by atoms with van der Waals surface area (Å²) in [5, 5.41) is 0. The molecule has 0 aliphatic carbocycles. The maximum Gasteiger partial charge on any atom is 0.178 e. The molecule has 4 heteroatoms. The Labute approximate surface area is 112 Å². The van der Waals surface area contributed by atoms with Crippen LogP contribution in [0.2, 0.25) is 0 Å². The smallest absolute Gasteiger partial charge is 0.178 e. The van der Waals surface area contributed by atoms with Crippen LogP contribution >= 0.6 is 0 Å². The van der Waals surface area contributed by atoms with Crippen LogP contribution in [-0.4, -0.2) is 24.9 Å². The van der Waals surface area contributed by atoms with Crippen molar-refractivity contribution >= 4 is 17.2 Å². The van der Waals surface area contributed by atoms with Gasteiger partial charge in [-0.25, -0.2) is 0 Å². The molecule has 1 aromatic heterocycles. The second-order valence-corrected chi connectivity index (χ2v) is 4.22. The molecule has 0 fully saturated rings. The summed E-state index contributed by atoms with van der Waals surface area (Å²) in [6.07, 6.45) is 1.69. The Morgan fingerprint density at radius 3 is 2.58 bits per heavy atom. The molecule has 1 heterocycles. The van der Waals surface area contributed by atoms with Crippen molar-refractivity contribution in [2.24, 2.45) is 0 Å². The van der Waals surface area contributed by atoms with E-state index >= 15 is 0 Å². The van der Waals surface area contributed by atoms with Crippen molar-refractivity contribution in [2.75, 3.05) is 19.1 Å². The molecule has 4 nitrogen and oxygen atoms in total. The predicted octanol–water partition coefficient (Wildman–Crippen LogP) is 3.06. The monoisotopic (exact) mass is 256 g/mol. The number of methoxy groups -OCH3 is 1. The summed E-state index contributed by atoms with van der Waals surface area (Å²) in [4.78, 5) is 17.3. The van der Waals surface area contributed by atoms with E-state index in [9.17, 15) is 4.79 Å². The van der Waals surface area contributed by atoms with Crippen LogP contribution in [0, 0.1) is 0 Å². The minimum atomic E-state index is -0.0319. The summed E-state index contributed by atoms with van der Waals surface area (Å²) < 4.78 is 5.20. The Kier molecular flexibility index (Phi) is 3.80. The third kappa shape index (κ3) is 2.91. The molecule has 0 atom stereocenters. The van der Waals surface area contributed by atoms with Crippen LogP contribution in [0.1, 0.15) is 17.4 Å². The number of hydrogen-bond acceptors (Lipinski definition) is 4. The molecule has 0 spiro atoms. The van der Waals surface area contributed by atoms with Gasteiger partial charge in [0.25, 0.3) is 0 Å². The highest BCUT2D eigenvalue weighted by atomic mass is 16.5. The molecule has 0 bridgehead atoms. The molecule has 0 unspecified atom stereocenters. The largest absolute Gasteiger partial charge is 0.497 e. The number of rotatable bonds is 4. The zero-order chi connectivity index (χ0) is 13.8. The number of anilines is 2. The number of hydrogen-bond donors (Lipinski definition) is 0. The molecular formula is C15H16N2O2. The molecule has 2 aromatic rings. The number of carbonyl (C=O) groups is 1. The van der Waals surface area contributed by atoms with E-state index < -0.39 is 0 Å². The average Bonchev–Trinajstić information content (AvgIpc) is 2.46. The van der Waals surface area contributed by atoms with Crippen molar-refractivity contribution in [3.8, 4) is 5.75 Å². The normalized spacial score (nSPS) is 10.1. The van der Waals surface area contributed by atoms with Crippen LogP contribution in [0.4, 0.5) is 11.4 Å². The molecule has 0 saturated carbocycles. The molecule has 0 N–H and O–H groups in total. The highest BCUT2D eigenvalue weighted by molar-refractivity contribution is 5.92. The Hall–Kier alpha value is -2.36. The van der Waals surface area contributed by atoms with E-state index in [1.54, 1.807) is 19.4 Å². The molecule has 1 aromatic carbocycles. The predicted molar refractivity (Wildman–Crippen MR) is 75.3 cm³/mol. The number of pyridine rings is 1. The van der Waals surface area contributed by atoms with E-state index in [2.05, 4.69) is 4.98 Å². The standard InChI is InChI=1S/C15H16N2O2/c1-11(18)15-8-7-13(10-16-15)17(2)12-5-4-6-14(9-12)19-3/h4-10H,1-3H3. The number of aromatic nitrogens is 1. The number of ketones is 1. The molecule has 98 valence electrons. The molecule has 0 saturated heterocycles. The molecule has 0 aliphatic heterocycles. The third-order valence-electron chi connectivity index (χ3n) is 2.94. The highest BCUT2D eigenvalue weighted by Gasteiger charge is 2.07. The lowest BCUT2D eigenvalue weighted by atomic mass is 10.2. The van der Waals surface area contributed by atoms with E-state index in [0.29, 0.717) is 5.69 Å². The van der Waals surface area contributed by atoms with Crippen molar-refractivity contribution in [3.63, 3.8) is 0 Å². The van der Waals surface area contributed by atoms with Gasteiger partial charge in [0.1, 0.15) is 11.4 Å². The number of carbonyl (C=O) groups excluding carboxylic acids is 1. The fourth-order valence-corrected chi connectivity index (χ4v) is 1.76. The lowest BCUT2D eigenvalue weighted by Crippen LogP contribution is -2.10. The van der Waals surface area contributed by atoms with Gasteiger partial charge >= 0.3 is 0 Å². The summed E-state index contributed by atoms with van der Waals surface area (Å²) in [7, 11) is 3.58. The van der Waals surface area contributed by atoms with Gasteiger partial charge in [-0.2, -0.15) is 0 Å². The van der Waals surface area contributed by atoms with Gasteiger partial charge in [0, 0.05) is 25.7 Å². The highest BCUT2D eigenvalue weighted by Crippen LogP contribution is 2.26. The van der Waals surface area contributed by atoms with Crippen molar-refractivity contribution < 1.29 is 9.53 Å². The first-order chi connectivity index (χ1) is 9.11. The Bertz CT molecular complexity index is 579. The van der Waals surface area contributed by atoms with Crippen LogP contribution in [0.25, 0.3) is 0 Å².